The molecule has 0 radical (unpaired) electrons. The van der Waals surface area contributed by atoms with Gasteiger partial charge in [-0.1, -0.05) is 48.5 Å². The van der Waals surface area contributed by atoms with Crippen molar-refractivity contribution in [2.24, 2.45) is 0 Å². The second-order valence-corrected chi connectivity index (χ2v) is 9.95. The van der Waals surface area contributed by atoms with E-state index in [1.165, 1.54) is 23.5 Å². The molecule has 0 aliphatic heterocycles. The van der Waals surface area contributed by atoms with Gasteiger partial charge in [0.05, 0.1) is 26.8 Å². The van der Waals surface area contributed by atoms with E-state index in [1.807, 2.05) is 55.5 Å². The Labute approximate surface area is 227 Å². The van der Waals surface area contributed by atoms with Crippen molar-refractivity contribution >= 4 is 17.2 Å². The Bertz CT molecular complexity index is 1330. The summed E-state index contributed by atoms with van der Waals surface area (Å²) in [5.41, 5.74) is 3.57. The number of aromatic nitrogens is 1. The van der Waals surface area contributed by atoms with Crippen LogP contribution in [0.2, 0.25) is 0 Å². The summed E-state index contributed by atoms with van der Waals surface area (Å²) in [7, 11) is 3.24. The molecule has 1 amide bonds. The van der Waals surface area contributed by atoms with E-state index in [4.69, 9.17) is 9.47 Å². The molecule has 3 aromatic carbocycles. The molecule has 0 saturated carbocycles. The maximum atomic E-state index is 13.5. The first-order valence-corrected chi connectivity index (χ1v) is 13.3. The zero-order valence-corrected chi connectivity index (χ0v) is 22.6. The predicted octanol–water partition coefficient (Wildman–Crippen LogP) is 6.04. The quantitative estimate of drug-likeness (QED) is 0.241. The zero-order valence-electron chi connectivity index (χ0n) is 21.8. The molecule has 0 bridgehead atoms. The highest BCUT2D eigenvalue weighted by atomic mass is 32.1. The second kappa shape index (κ2) is 13.2. The molecule has 1 N–H and O–H groups in total. The average Bonchev–Trinajstić information content (AvgIpc) is 3.42. The van der Waals surface area contributed by atoms with Crippen molar-refractivity contribution in [3.63, 3.8) is 0 Å². The normalized spacial score (nSPS) is 11.8. The Morgan fingerprint density at radius 3 is 2.39 bits per heavy atom. The Morgan fingerprint density at radius 1 is 0.974 bits per heavy atom. The number of nitrogens with zero attached hydrogens (tertiary/aromatic N) is 2. The lowest BCUT2D eigenvalue weighted by Gasteiger charge is -2.22. The van der Waals surface area contributed by atoms with Gasteiger partial charge >= 0.3 is 0 Å². The first-order valence-electron chi connectivity index (χ1n) is 12.4. The molecular weight excluding hydrogens is 501 g/mol. The molecule has 1 atom stereocenters. The number of rotatable bonds is 12. The number of methoxy groups -OCH3 is 2. The molecule has 38 heavy (non-hydrogen) atoms. The molecule has 6 nitrogen and oxygen atoms in total. The van der Waals surface area contributed by atoms with Crippen LogP contribution in [0.3, 0.4) is 0 Å². The van der Waals surface area contributed by atoms with E-state index in [9.17, 15) is 9.18 Å². The van der Waals surface area contributed by atoms with Gasteiger partial charge in [-0.05, 0) is 54.3 Å². The molecule has 0 saturated heterocycles. The lowest BCUT2D eigenvalue weighted by atomic mass is 10.1. The smallest absolute Gasteiger partial charge is 0.271 e. The van der Waals surface area contributed by atoms with E-state index in [0.717, 1.165) is 34.7 Å². The van der Waals surface area contributed by atoms with Gasteiger partial charge < -0.3 is 14.8 Å². The molecule has 4 aromatic rings. The SMILES string of the molecule is COc1ccc(CCN(Cc2ccc(F)cc2)Cc2nc(C(=O)N[C@@H](C)c3ccccc3)cs2)cc1OC. The van der Waals surface area contributed by atoms with Gasteiger partial charge in [0.1, 0.15) is 16.5 Å². The summed E-state index contributed by atoms with van der Waals surface area (Å²) in [4.78, 5) is 19.7. The predicted molar refractivity (Wildman–Crippen MR) is 148 cm³/mol. The van der Waals surface area contributed by atoms with Crippen molar-refractivity contribution in [2.45, 2.75) is 32.5 Å². The number of ether oxygens (including phenoxy) is 2. The average molecular weight is 534 g/mol. The van der Waals surface area contributed by atoms with Crippen LogP contribution in [0.4, 0.5) is 4.39 Å². The number of carbonyl (C=O) groups is 1. The summed E-state index contributed by atoms with van der Waals surface area (Å²) in [6.45, 7) is 3.88. The van der Waals surface area contributed by atoms with Crippen LogP contribution in [0, 0.1) is 5.82 Å². The van der Waals surface area contributed by atoms with Gasteiger partial charge in [0.15, 0.2) is 11.5 Å². The van der Waals surface area contributed by atoms with Gasteiger partial charge in [-0.25, -0.2) is 9.37 Å². The van der Waals surface area contributed by atoms with E-state index in [-0.39, 0.29) is 17.8 Å². The first kappa shape index (κ1) is 27.3. The highest BCUT2D eigenvalue weighted by Gasteiger charge is 2.17. The van der Waals surface area contributed by atoms with Gasteiger partial charge in [-0.3, -0.25) is 9.69 Å². The number of amides is 1. The molecule has 0 aliphatic carbocycles. The van der Waals surface area contributed by atoms with E-state index < -0.39 is 0 Å². The highest BCUT2D eigenvalue weighted by Crippen LogP contribution is 2.28. The number of thiazole rings is 1. The summed E-state index contributed by atoms with van der Waals surface area (Å²) in [6.07, 6.45) is 0.773. The van der Waals surface area contributed by atoms with Crippen LogP contribution in [0.15, 0.2) is 78.2 Å². The summed E-state index contributed by atoms with van der Waals surface area (Å²) >= 11 is 1.46. The van der Waals surface area contributed by atoms with Crippen LogP contribution in [0.25, 0.3) is 0 Å². The summed E-state index contributed by atoms with van der Waals surface area (Å²) in [5, 5.41) is 5.67. The maximum Gasteiger partial charge on any atom is 0.271 e. The Balaban J connectivity index is 1.44. The molecule has 0 spiro atoms. The molecule has 198 valence electrons. The van der Waals surface area contributed by atoms with Crippen LogP contribution >= 0.6 is 11.3 Å². The van der Waals surface area contributed by atoms with Crippen LogP contribution in [0.5, 0.6) is 11.5 Å². The monoisotopic (exact) mass is 533 g/mol. The summed E-state index contributed by atoms with van der Waals surface area (Å²) < 4.78 is 24.3. The van der Waals surface area contributed by atoms with Crippen LogP contribution in [0.1, 0.15) is 45.2 Å². The van der Waals surface area contributed by atoms with Gasteiger partial charge in [-0.15, -0.1) is 11.3 Å². The van der Waals surface area contributed by atoms with Crippen molar-refractivity contribution in [1.29, 1.82) is 0 Å². The third-order valence-corrected chi connectivity index (χ3v) is 7.11. The molecule has 8 heteroatoms. The molecule has 1 heterocycles. The molecule has 0 unspecified atom stereocenters. The molecule has 0 aliphatic rings. The first-order chi connectivity index (χ1) is 18.4. The molecular formula is C30H32FN3O3S. The van der Waals surface area contributed by atoms with Crippen LogP contribution in [-0.2, 0) is 19.5 Å². The largest absolute Gasteiger partial charge is 0.493 e. The minimum atomic E-state index is -0.258. The summed E-state index contributed by atoms with van der Waals surface area (Å²) in [5.74, 6) is 0.926. The van der Waals surface area contributed by atoms with E-state index in [0.29, 0.717) is 30.3 Å². The number of hydrogen-bond donors (Lipinski definition) is 1. The van der Waals surface area contributed by atoms with Crippen LogP contribution in [-0.4, -0.2) is 36.6 Å². The molecule has 0 fully saturated rings. The fourth-order valence-corrected chi connectivity index (χ4v) is 4.98. The van der Waals surface area contributed by atoms with Crippen molar-refractivity contribution < 1.29 is 18.7 Å². The second-order valence-electron chi connectivity index (χ2n) is 9.01. The standard InChI is InChI=1S/C30H32FN3O3S/c1-21(24-7-5-4-6-8-24)32-30(35)26-20-38-29(33-26)19-34(18-23-9-12-25(31)13-10-23)16-15-22-11-14-27(36-2)28(17-22)37-3/h4-14,17,20-21H,15-16,18-19H2,1-3H3,(H,32,35)/t21-/m0/s1. The third kappa shape index (κ3) is 7.40. The zero-order chi connectivity index (χ0) is 26.9. The minimum absolute atomic E-state index is 0.120. The Kier molecular flexibility index (Phi) is 9.46. The van der Waals surface area contributed by atoms with Gasteiger partial charge in [-0.2, -0.15) is 0 Å². The molecule has 1 aromatic heterocycles. The van der Waals surface area contributed by atoms with E-state index in [2.05, 4.69) is 15.2 Å². The number of carbonyl (C=O) groups excluding carboxylic acids is 1. The van der Waals surface area contributed by atoms with Gasteiger partial charge in [0.25, 0.3) is 5.91 Å². The lowest BCUT2D eigenvalue weighted by Crippen LogP contribution is -2.27. The third-order valence-electron chi connectivity index (χ3n) is 6.27. The number of hydrogen-bond acceptors (Lipinski definition) is 6. The highest BCUT2D eigenvalue weighted by molar-refractivity contribution is 7.09. The fraction of sp³-hybridized carbons (Fsp3) is 0.267. The van der Waals surface area contributed by atoms with Crippen molar-refractivity contribution in [2.75, 3.05) is 20.8 Å². The van der Waals surface area contributed by atoms with Crippen molar-refractivity contribution in [3.05, 3.63) is 111 Å². The lowest BCUT2D eigenvalue weighted by molar-refractivity contribution is 0.0935. The molecule has 4 rings (SSSR count). The maximum absolute atomic E-state index is 13.5. The van der Waals surface area contributed by atoms with Gasteiger partial charge in [0, 0.05) is 18.5 Å². The van der Waals surface area contributed by atoms with E-state index in [1.54, 1.807) is 31.7 Å². The van der Waals surface area contributed by atoms with Crippen molar-refractivity contribution in [1.82, 2.24) is 15.2 Å². The Hall–Kier alpha value is -3.75. The topological polar surface area (TPSA) is 63.7 Å². The minimum Gasteiger partial charge on any atom is -0.493 e. The van der Waals surface area contributed by atoms with E-state index >= 15 is 0 Å². The number of nitrogens with one attached hydrogen (secondary N) is 1. The number of halogens is 1. The van der Waals surface area contributed by atoms with Crippen molar-refractivity contribution in [3.8, 4) is 11.5 Å². The summed E-state index contributed by atoms with van der Waals surface area (Å²) in [6, 6.07) is 22.2. The van der Waals surface area contributed by atoms with Gasteiger partial charge in [0.2, 0.25) is 0 Å². The Morgan fingerprint density at radius 2 is 1.68 bits per heavy atom. The fourth-order valence-electron chi connectivity index (χ4n) is 4.16. The van der Waals surface area contributed by atoms with Crippen LogP contribution < -0.4 is 14.8 Å². The number of benzene rings is 3.